The highest BCUT2D eigenvalue weighted by Gasteiger charge is 2.31. The molecule has 0 aliphatic carbocycles. The molecule has 1 saturated heterocycles. The summed E-state index contributed by atoms with van der Waals surface area (Å²) in [4.78, 5) is 20.6. The fraction of sp³-hybridized carbons (Fsp3) is 0.353. The van der Waals surface area contributed by atoms with Crippen molar-refractivity contribution in [2.75, 3.05) is 6.54 Å². The molecule has 1 aliphatic rings. The SMILES string of the molecule is Cn1ccc([C@@H]2CCCCN2C(=O)c2csc(-c3cccs3)n2)n1. The van der Waals surface area contributed by atoms with Crippen LogP contribution >= 0.6 is 22.7 Å². The predicted octanol–water partition coefficient (Wildman–Crippen LogP) is 3.97. The molecule has 5 nitrogen and oxygen atoms in total. The van der Waals surface area contributed by atoms with Crippen molar-refractivity contribution in [1.29, 1.82) is 0 Å². The summed E-state index contributed by atoms with van der Waals surface area (Å²) in [5.41, 5.74) is 1.52. The summed E-state index contributed by atoms with van der Waals surface area (Å²) in [7, 11) is 1.91. The number of thiophene rings is 1. The van der Waals surface area contributed by atoms with E-state index in [1.165, 1.54) is 11.3 Å². The quantitative estimate of drug-likeness (QED) is 0.712. The Morgan fingerprint density at radius 1 is 1.29 bits per heavy atom. The number of aryl methyl sites for hydroxylation is 1. The fourth-order valence-electron chi connectivity index (χ4n) is 3.13. The Morgan fingerprint density at radius 2 is 2.21 bits per heavy atom. The van der Waals surface area contributed by atoms with E-state index in [2.05, 4.69) is 10.1 Å². The molecular weight excluding hydrogens is 340 g/mol. The van der Waals surface area contributed by atoms with Crippen molar-refractivity contribution in [1.82, 2.24) is 19.7 Å². The Hall–Kier alpha value is -1.99. The van der Waals surface area contributed by atoms with Gasteiger partial charge in [-0.3, -0.25) is 9.48 Å². The third-order valence-electron chi connectivity index (χ3n) is 4.29. The van der Waals surface area contributed by atoms with E-state index in [4.69, 9.17) is 0 Å². The van der Waals surface area contributed by atoms with Gasteiger partial charge in [-0.2, -0.15) is 5.10 Å². The van der Waals surface area contributed by atoms with Crippen LogP contribution in [-0.2, 0) is 7.05 Å². The maximum atomic E-state index is 13.0. The molecule has 3 aromatic heterocycles. The second kappa shape index (κ2) is 6.49. The van der Waals surface area contributed by atoms with Crippen molar-refractivity contribution in [3.63, 3.8) is 0 Å². The number of hydrogen-bond donors (Lipinski definition) is 0. The van der Waals surface area contributed by atoms with Gasteiger partial charge in [0.15, 0.2) is 0 Å². The summed E-state index contributed by atoms with van der Waals surface area (Å²) in [6.45, 7) is 0.770. The smallest absolute Gasteiger partial charge is 0.273 e. The second-order valence-corrected chi connectivity index (χ2v) is 7.75. The molecule has 3 aromatic rings. The maximum Gasteiger partial charge on any atom is 0.273 e. The van der Waals surface area contributed by atoms with Crippen molar-refractivity contribution < 1.29 is 4.79 Å². The van der Waals surface area contributed by atoms with E-state index in [0.717, 1.165) is 41.4 Å². The van der Waals surface area contributed by atoms with Gasteiger partial charge in [0, 0.05) is 25.2 Å². The third kappa shape index (κ3) is 2.89. The lowest BCUT2D eigenvalue weighted by Gasteiger charge is -2.34. The zero-order chi connectivity index (χ0) is 16.5. The topological polar surface area (TPSA) is 51.0 Å². The van der Waals surface area contributed by atoms with E-state index in [0.29, 0.717) is 5.69 Å². The molecule has 0 saturated carbocycles. The minimum atomic E-state index is 0.0180. The van der Waals surface area contributed by atoms with Crippen LogP contribution in [0.15, 0.2) is 35.2 Å². The van der Waals surface area contributed by atoms with E-state index in [9.17, 15) is 4.79 Å². The number of carbonyl (C=O) groups excluding carboxylic acids is 1. The van der Waals surface area contributed by atoms with Gasteiger partial charge >= 0.3 is 0 Å². The number of amides is 1. The molecule has 0 radical (unpaired) electrons. The van der Waals surface area contributed by atoms with E-state index in [-0.39, 0.29) is 11.9 Å². The van der Waals surface area contributed by atoms with E-state index < -0.39 is 0 Å². The van der Waals surface area contributed by atoms with Crippen LogP contribution < -0.4 is 0 Å². The van der Waals surface area contributed by atoms with E-state index in [1.54, 1.807) is 16.0 Å². The second-order valence-electron chi connectivity index (χ2n) is 5.94. The van der Waals surface area contributed by atoms with E-state index in [1.807, 2.05) is 47.1 Å². The Balaban J connectivity index is 1.60. The molecule has 1 fully saturated rings. The lowest BCUT2D eigenvalue weighted by molar-refractivity contribution is 0.0600. The number of likely N-dealkylation sites (tertiary alicyclic amines) is 1. The largest absolute Gasteiger partial charge is 0.329 e. The van der Waals surface area contributed by atoms with Crippen molar-refractivity contribution in [2.45, 2.75) is 25.3 Å². The molecule has 0 aromatic carbocycles. The zero-order valence-corrected chi connectivity index (χ0v) is 15.0. The van der Waals surface area contributed by atoms with Crippen LogP contribution in [0.5, 0.6) is 0 Å². The van der Waals surface area contributed by atoms with Crippen LogP contribution in [0.2, 0.25) is 0 Å². The molecule has 0 unspecified atom stereocenters. The van der Waals surface area contributed by atoms with Crippen molar-refractivity contribution in [3.8, 4) is 9.88 Å². The zero-order valence-electron chi connectivity index (χ0n) is 13.4. The summed E-state index contributed by atoms with van der Waals surface area (Å²) in [6.07, 6.45) is 5.06. The lowest BCUT2D eigenvalue weighted by Crippen LogP contribution is -2.38. The number of carbonyl (C=O) groups is 1. The molecule has 4 rings (SSSR count). The van der Waals surface area contributed by atoms with Gasteiger partial charge in [-0.15, -0.1) is 22.7 Å². The van der Waals surface area contributed by atoms with Crippen molar-refractivity contribution >= 4 is 28.6 Å². The Kier molecular flexibility index (Phi) is 4.20. The maximum absolute atomic E-state index is 13.0. The van der Waals surface area contributed by atoms with Crippen LogP contribution in [0.3, 0.4) is 0 Å². The van der Waals surface area contributed by atoms with Crippen LogP contribution in [-0.4, -0.2) is 32.1 Å². The summed E-state index contributed by atoms with van der Waals surface area (Å²) in [5.74, 6) is 0.0180. The van der Waals surface area contributed by atoms with Gasteiger partial charge in [0.1, 0.15) is 10.7 Å². The molecule has 0 bridgehead atoms. The normalized spacial score (nSPS) is 18.0. The number of piperidine rings is 1. The van der Waals surface area contributed by atoms with Gasteiger partial charge in [-0.05, 0) is 36.8 Å². The summed E-state index contributed by atoms with van der Waals surface area (Å²) in [5, 5.41) is 9.33. The van der Waals surface area contributed by atoms with Gasteiger partial charge < -0.3 is 4.90 Å². The molecule has 1 aliphatic heterocycles. The molecule has 1 amide bonds. The Bertz CT molecular complexity index is 837. The summed E-state index contributed by atoms with van der Waals surface area (Å²) < 4.78 is 1.80. The predicted molar refractivity (Wildman–Crippen MR) is 96.3 cm³/mol. The highest BCUT2D eigenvalue weighted by Crippen LogP contribution is 2.33. The summed E-state index contributed by atoms with van der Waals surface area (Å²) >= 11 is 3.18. The first-order chi connectivity index (χ1) is 11.7. The Labute approximate surface area is 148 Å². The highest BCUT2D eigenvalue weighted by molar-refractivity contribution is 7.20. The van der Waals surface area contributed by atoms with Crippen molar-refractivity contribution in [3.05, 3.63) is 46.5 Å². The minimum Gasteiger partial charge on any atom is -0.329 e. The first kappa shape index (κ1) is 15.5. The molecule has 7 heteroatoms. The molecular formula is C17H18N4OS2. The van der Waals surface area contributed by atoms with Gasteiger partial charge in [0.2, 0.25) is 0 Å². The fourth-order valence-corrected chi connectivity index (χ4v) is 4.73. The number of nitrogens with zero attached hydrogens (tertiary/aromatic N) is 4. The average Bonchev–Trinajstić information content (AvgIpc) is 3.34. The van der Waals surface area contributed by atoms with Crippen LogP contribution in [0.4, 0.5) is 0 Å². The number of aromatic nitrogens is 3. The molecule has 4 heterocycles. The molecule has 1 atom stereocenters. The van der Waals surface area contributed by atoms with Crippen molar-refractivity contribution in [2.24, 2.45) is 7.05 Å². The number of hydrogen-bond acceptors (Lipinski definition) is 5. The van der Waals surface area contributed by atoms with Gasteiger partial charge in [-0.1, -0.05) is 6.07 Å². The number of rotatable bonds is 3. The van der Waals surface area contributed by atoms with Gasteiger partial charge in [-0.25, -0.2) is 4.98 Å². The van der Waals surface area contributed by atoms with Crippen LogP contribution in [0, 0.1) is 0 Å². The van der Waals surface area contributed by atoms with E-state index >= 15 is 0 Å². The first-order valence-corrected chi connectivity index (χ1v) is 9.78. The van der Waals surface area contributed by atoms with Crippen LogP contribution in [0.1, 0.15) is 41.5 Å². The van der Waals surface area contributed by atoms with Gasteiger partial charge in [0.25, 0.3) is 5.91 Å². The highest BCUT2D eigenvalue weighted by atomic mass is 32.1. The Morgan fingerprint density at radius 3 is 2.96 bits per heavy atom. The average molecular weight is 358 g/mol. The first-order valence-electron chi connectivity index (χ1n) is 8.02. The standard InChI is InChI=1S/C17H18N4OS2/c1-20-9-7-12(19-20)14-5-2-3-8-21(14)17(22)13-11-24-16(18-13)15-6-4-10-23-15/h4,6-7,9-11,14H,2-3,5,8H2,1H3/t14-/m0/s1. The lowest BCUT2D eigenvalue weighted by atomic mass is 9.99. The minimum absolute atomic E-state index is 0.0180. The monoisotopic (exact) mass is 358 g/mol. The molecule has 24 heavy (non-hydrogen) atoms. The summed E-state index contributed by atoms with van der Waals surface area (Å²) in [6, 6.07) is 6.10. The molecule has 0 N–H and O–H groups in total. The number of thiazole rings is 1. The molecule has 0 spiro atoms. The van der Waals surface area contributed by atoms with Crippen LogP contribution in [0.25, 0.3) is 9.88 Å². The van der Waals surface area contributed by atoms with Gasteiger partial charge in [0.05, 0.1) is 16.6 Å². The third-order valence-corrected chi connectivity index (χ3v) is 6.18. The molecule has 124 valence electrons.